The number of hydrogen-bond acceptors (Lipinski definition) is 2. The molecular weight excluding hydrogens is 377 g/mol. The zero-order chi connectivity index (χ0) is 14.4. The molecule has 0 saturated carbocycles. The fourth-order valence-corrected chi connectivity index (χ4v) is 2.15. The third-order valence-electron chi connectivity index (χ3n) is 3.11. The van der Waals surface area contributed by atoms with Gasteiger partial charge in [0.1, 0.15) is 5.82 Å². The molecule has 114 valence electrons. The number of aromatic nitrogens is 2. The minimum Gasteiger partial charge on any atom is -0.355 e. The van der Waals surface area contributed by atoms with Crippen molar-refractivity contribution in [1.82, 2.24) is 20.2 Å². The highest BCUT2D eigenvalue weighted by atomic mass is 127. The van der Waals surface area contributed by atoms with Gasteiger partial charge in [0.2, 0.25) is 0 Å². The average molecular weight is 399 g/mol. The number of nitrogens with one attached hydrogen (secondary N) is 2. The van der Waals surface area contributed by atoms with Gasteiger partial charge in [-0.15, -0.1) is 30.6 Å². The van der Waals surface area contributed by atoms with E-state index in [-0.39, 0.29) is 24.0 Å². The number of aryl methyl sites for hydroxylation is 1. The van der Waals surface area contributed by atoms with Gasteiger partial charge in [-0.25, -0.2) is 4.98 Å². The van der Waals surface area contributed by atoms with Crippen molar-refractivity contribution >= 4 is 41.0 Å². The molecule has 0 saturated heterocycles. The summed E-state index contributed by atoms with van der Waals surface area (Å²) >= 11 is 0. The summed E-state index contributed by atoms with van der Waals surface area (Å²) in [7, 11) is 1.76. The van der Waals surface area contributed by atoms with Crippen LogP contribution in [0.1, 0.15) is 5.82 Å². The number of nitrogens with zero attached hydrogens (tertiary/aromatic N) is 3. The zero-order valence-electron chi connectivity index (χ0n) is 12.5. The molecule has 5 nitrogen and oxygen atoms in total. The van der Waals surface area contributed by atoms with Crippen molar-refractivity contribution in [1.29, 1.82) is 0 Å². The molecule has 0 aliphatic rings. The SMILES string of the molecule is C=CCNC(=NC)NCCn1c(C)nc2ccccc21.I. The van der Waals surface area contributed by atoms with Gasteiger partial charge in [0.15, 0.2) is 5.96 Å². The Morgan fingerprint density at radius 2 is 2.14 bits per heavy atom. The Hall–Kier alpha value is -1.57. The minimum absolute atomic E-state index is 0. The molecule has 2 aromatic rings. The van der Waals surface area contributed by atoms with Gasteiger partial charge in [-0.05, 0) is 19.1 Å². The summed E-state index contributed by atoms with van der Waals surface area (Å²) in [5.41, 5.74) is 2.21. The van der Waals surface area contributed by atoms with Crippen LogP contribution in [0, 0.1) is 6.92 Å². The Kier molecular flexibility index (Phi) is 7.21. The topological polar surface area (TPSA) is 54.2 Å². The van der Waals surface area contributed by atoms with Gasteiger partial charge in [-0.2, -0.15) is 0 Å². The third-order valence-corrected chi connectivity index (χ3v) is 3.11. The number of benzene rings is 1. The second kappa shape index (κ2) is 8.66. The van der Waals surface area contributed by atoms with Gasteiger partial charge in [-0.3, -0.25) is 4.99 Å². The molecule has 1 aromatic heterocycles. The summed E-state index contributed by atoms with van der Waals surface area (Å²) in [6.45, 7) is 8.05. The molecule has 2 N–H and O–H groups in total. The van der Waals surface area contributed by atoms with E-state index in [0.717, 1.165) is 30.4 Å². The van der Waals surface area contributed by atoms with Crippen LogP contribution >= 0.6 is 24.0 Å². The number of hydrogen-bond donors (Lipinski definition) is 2. The molecule has 2 rings (SSSR count). The highest BCUT2D eigenvalue weighted by Gasteiger charge is 2.06. The van der Waals surface area contributed by atoms with E-state index in [1.54, 1.807) is 13.1 Å². The van der Waals surface area contributed by atoms with Crippen molar-refractivity contribution < 1.29 is 0 Å². The third kappa shape index (κ3) is 4.45. The van der Waals surface area contributed by atoms with E-state index in [9.17, 15) is 0 Å². The minimum atomic E-state index is 0. The molecular formula is C15H22IN5. The maximum Gasteiger partial charge on any atom is 0.191 e. The molecule has 0 atom stereocenters. The van der Waals surface area contributed by atoms with Gasteiger partial charge in [0.05, 0.1) is 11.0 Å². The first kappa shape index (κ1) is 17.5. The monoisotopic (exact) mass is 399 g/mol. The van der Waals surface area contributed by atoms with Crippen LogP contribution in [0.2, 0.25) is 0 Å². The fraction of sp³-hybridized carbons (Fsp3) is 0.333. The van der Waals surface area contributed by atoms with Crippen LogP contribution in [-0.2, 0) is 6.54 Å². The van der Waals surface area contributed by atoms with Gasteiger partial charge in [0, 0.05) is 26.7 Å². The number of fused-ring (bicyclic) bond motifs is 1. The van der Waals surface area contributed by atoms with Crippen LogP contribution in [0.5, 0.6) is 0 Å². The first-order valence-electron chi connectivity index (χ1n) is 6.73. The van der Waals surface area contributed by atoms with Gasteiger partial charge < -0.3 is 15.2 Å². The highest BCUT2D eigenvalue weighted by Crippen LogP contribution is 2.14. The van der Waals surface area contributed by atoms with Gasteiger partial charge in [-0.1, -0.05) is 18.2 Å². The molecule has 21 heavy (non-hydrogen) atoms. The Morgan fingerprint density at radius 3 is 2.86 bits per heavy atom. The quantitative estimate of drug-likeness (QED) is 0.351. The van der Waals surface area contributed by atoms with E-state index in [2.05, 4.69) is 37.8 Å². The summed E-state index contributed by atoms with van der Waals surface area (Å²) in [6, 6.07) is 8.19. The average Bonchev–Trinajstić information content (AvgIpc) is 2.78. The number of aliphatic imine (C=N–C) groups is 1. The van der Waals surface area contributed by atoms with E-state index < -0.39 is 0 Å². The van der Waals surface area contributed by atoms with Crippen LogP contribution in [0.4, 0.5) is 0 Å². The first-order valence-corrected chi connectivity index (χ1v) is 6.73. The molecule has 0 aliphatic carbocycles. The Bertz CT molecular complexity index is 618. The van der Waals surface area contributed by atoms with Crippen molar-refractivity contribution in [2.75, 3.05) is 20.1 Å². The lowest BCUT2D eigenvalue weighted by Crippen LogP contribution is -2.38. The summed E-state index contributed by atoms with van der Waals surface area (Å²) < 4.78 is 2.21. The summed E-state index contributed by atoms with van der Waals surface area (Å²) in [4.78, 5) is 8.71. The number of imidazole rings is 1. The van der Waals surface area contributed by atoms with Crippen LogP contribution in [0.15, 0.2) is 41.9 Å². The standard InChI is InChI=1S/C15H21N5.HI/c1-4-9-17-15(16-3)18-10-11-20-12(2)19-13-7-5-6-8-14(13)20;/h4-8H,1,9-11H2,2-3H3,(H2,16,17,18);1H. The maximum absolute atomic E-state index is 4.56. The van der Waals surface area contributed by atoms with Crippen molar-refractivity contribution in [3.05, 3.63) is 42.7 Å². The van der Waals surface area contributed by atoms with Crippen molar-refractivity contribution in [3.63, 3.8) is 0 Å². The summed E-state index contributed by atoms with van der Waals surface area (Å²) in [6.07, 6.45) is 1.81. The Labute approximate surface area is 142 Å². The largest absolute Gasteiger partial charge is 0.355 e. The fourth-order valence-electron chi connectivity index (χ4n) is 2.15. The smallest absolute Gasteiger partial charge is 0.191 e. The zero-order valence-corrected chi connectivity index (χ0v) is 14.8. The van der Waals surface area contributed by atoms with Crippen LogP contribution in [-0.4, -0.2) is 35.6 Å². The van der Waals surface area contributed by atoms with E-state index in [4.69, 9.17) is 0 Å². The number of rotatable bonds is 5. The van der Waals surface area contributed by atoms with Crippen LogP contribution < -0.4 is 10.6 Å². The maximum atomic E-state index is 4.56. The molecule has 1 aromatic carbocycles. The van der Waals surface area contributed by atoms with Crippen LogP contribution in [0.3, 0.4) is 0 Å². The summed E-state index contributed by atoms with van der Waals surface area (Å²) in [5, 5.41) is 6.42. The number of halogens is 1. The predicted octanol–water partition coefficient (Wildman–Crippen LogP) is 2.31. The Morgan fingerprint density at radius 1 is 1.38 bits per heavy atom. The summed E-state index contributed by atoms with van der Waals surface area (Å²) in [5.74, 6) is 1.81. The molecule has 1 heterocycles. The normalized spacial score (nSPS) is 11.0. The predicted molar refractivity (Wildman–Crippen MR) is 99.4 cm³/mol. The molecule has 0 bridgehead atoms. The second-order valence-corrected chi connectivity index (χ2v) is 4.47. The van der Waals surface area contributed by atoms with Crippen LogP contribution in [0.25, 0.3) is 11.0 Å². The lowest BCUT2D eigenvalue weighted by atomic mass is 10.3. The van der Waals surface area contributed by atoms with Gasteiger partial charge >= 0.3 is 0 Å². The molecule has 6 heteroatoms. The second-order valence-electron chi connectivity index (χ2n) is 4.47. The molecule has 0 spiro atoms. The molecule has 0 amide bonds. The Balaban J connectivity index is 0.00000220. The lowest BCUT2D eigenvalue weighted by Gasteiger charge is -2.12. The van der Waals surface area contributed by atoms with Crippen molar-refractivity contribution in [3.8, 4) is 0 Å². The number of para-hydroxylation sites is 2. The molecule has 0 unspecified atom stereocenters. The van der Waals surface area contributed by atoms with E-state index >= 15 is 0 Å². The molecule has 0 radical (unpaired) electrons. The van der Waals surface area contributed by atoms with E-state index in [0.29, 0.717) is 6.54 Å². The lowest BCUT2D eigenvalue weighted by molar-refractivity contribution is 0.663. The highest BCUT2D eigenvalue weighted by molar-refractivity contribution is 14.0. The first-order chi connectivity index (χ1) is 9.76. The van der Waals surface area contributed by atoms with E-state index in [1.165, 1.54) is 5.52 Å². The molecule has 0 aliphatic heterocycles. The molecule has 0 fully saturated rings. The van der Waals surface area contributed by atoms with E-state index in [1.807, 2.05) is 25.1 Å². The van der Waals surface area contributed by atoms with Crippen molar-refractivity contribution in [2.45, 2.75) is 13.5 Å². The number of guanidine groups is 1. The van der Waals surface area contributed by atoms with Gasteiger partial charge in [0.25, 0.3) is 0 Å². The van der Waals surface area contributed by atoms with Crippen molar-refractivity contribution in [2.24, 2.45) is 4.99 Å².